The predicted molar refractivity (Wildman–Crippen MR) is 85.3 cm³/mol. The minimum atomic E-state index is -0.226. The molecule has 1 aromatic carbocycles. The third-order valence-corrected chi connectivity index (χ3v) is 4.57. The SMILES string of the molecule is CN(CCN1CCOC1=O)c1nnc(Cc2ccccc2)s1. The fraction of sp³-hybridized carbons (Fsp3) is 0.400. The molecular weight excluding hydrogens is 300 g/mol. The lowest BCUT2D eigenvalue weighted by molar-refractivity contribution is 0.159. The van der Waals surface area contributed by atoms with Crippen molar-refractivity contribution in [3.63, 3.8) is 0 Å². The second-order valence-electron chi connectivity index (χ2n) is 5.16. The molecule has 1 aliphatic rings. The van der Waals surface area contributed by atoms with Crippen LogP contribution in [0.25, 0.3) is 0 Å². The Hall–Kier alpha value is -2.15. The Morgan fingerprint density at radius 2 is 2.14 bits per heavy atom. The van der Waals surface area contributed by atoms with E-state index < -0.39 is 0 Å². The van der Waals surface area contributed by atoms with Gasteiger partial charge < -0.3 is 14.5 Å². The molecule has 0 atom stereocenters. The summed E-state index contributed by atoms with van der Waals surface area (Å²) in [6.45, 7) is 2.52. The molecule has 0 unspecified atom stereocenters. The van der Waals surface area contributed by atoms with Crippen molar-refractivity contribution in [3.8, 4) is 0 Å². The number of anilines is 1. The number of ether oxygens (including phenoxy) is 1. The number of likely N-dealkylation sites (N-methyl/N-ethyl adjacent to an activating group) is 1. The number of carbonyl (C=O) groups excluding carboxylic acids is 1. The van der Waals surface area contributed by atoms with Crippen LogP contribution >= 0.6 is 11.3 Å². The number of rotatable bonds is 6. The molecular formula is C15H18N4O2S. The molecule has 0 spiro atoms. The molecule has 22 heavy (non-hydrogen) atoms. The molecule has 6 nitrogen and oxygen atoms in total. The van der Waals surface area contributed by atoms with E-state index >= 15 is 0 Å². The average molecular weight is 318 g/mol. The van der Waals surface area contributed by atoms with Crippen molar-refractivity contribution in [3.05, 3.63) is 40.9 Å². The normalized spacial score (nSPS) is 14.2. The molecule has 0 N–H and O–H groups in total. The topological polar surface area (TPSA) is 58.6 Å². The van der Waals surface area contributed by atoms with E-state index in [0.29, 0.717) is 19.7 Å². The summed E-state index contributed by atoms with van der Waals surface area (Å²) in [5.74, 6) is 0. The second-order valence-corrected chi connectivity index (χ2v) is 6.20. The van der Waals surface area contributed by atoms with Crippen LogP contribution in [0.5, 0.6) is 0 Å². The smallest absolute Gasteiger partial charge is 0.409 e. The minimum absolute atomic E-state index is 0.226. The van der Waals surface area contributed by atoms with Crippen molar-refractivity contribution >= 4 is 22.6 Å². The van der Waals surface area contributed by atoms with Crippen molar-refractivity contribution in [2.45, 2.75) is 6.42 Å². The molecule has 0 radical (unpaired) electrons. The molecule has 1 aromatic heterocycles. The molecule has 7 heteroatoms. The molecule has 0 aliphatic carbocycles. The van der Waals surface area contributed by atoms with Gasteiger partial charge in [-0.1, -0.05) is 41.7 Å². The first-order valence-corrected chi connectivity index (χ1v) is 8.03. The Bertz CT molecular complexity index is 631. The quantitative estimate of drug-likeness (QED) is 0.815. The zero-order valence-corrected chi connectivity index (χ0v) is 13.3. The van der Waals surface area contributed by atoms with Crippen molar-refractivity contribution < 1.29 is 9.53 Å². The van der Waals surface area contributed by atoms with Gasteiger partial charge in [-0.25, -0.2) is 4.79 Å². The average Bonchev–Trinajstić information content (AvgIpc) is 3.15. The zero-order chi connectivity index (χ0) is 15.4. The molecule has 1 fully saturated rings. The van der Waals surface area contributed by atoms with Gasteiger partial charge in [0, 0.05) is 26.6 Å². The molecule has 1 amide bonds. The zero-order valence-electron chi connectivity index (χ0n) is 12.4. The molecule has 2 heterocycles. The third-order valence-electron chi connectivity index (χ3n) is 3.53. The van der Waals surface area contributed by atoms with Crippen LogP contribution in [0.2, 0.25) is 0 Å². The van der Waals surface area contributed by atoms with Crippen LogP contribution in [0.4, 0.5) is 9.93 Å². The van der Waals surface area contributed by atoms with Gasteiger partial charge >= 0.3 is 6.09 Å². The van der Waals surface area contributed by atoms with E-state index in [9.17, 15) is 4.79 Å². The maximum atomic E-state index is 11.4. The van der Waals surface area contributed by atoms with E-state index in [1.807, 2.05) is 30.1 Å². The second kappa shape index (κ2) is 6.74. The van der Waals surface area contributed by atoms with E-state index in [1.165, 1.54) is 5.56 Å². The number of hydrogen-bond donors (Lipinski definition) is 0. The van der Waals surface area contributed by atoms with Gasteiger partial charge in [0.1, 0.15) is 11.6 Å². The van der Waals surface area contributed by atoms with E-state index in [1.54, 1.807) is 16.2 Å². The van der Waals surface area contributed by atoms with Crippen LogP contribution in [0.1, 0.15) is 10.6 Å². The summed E-state index contributed by atoms with van der Waals surface area (Å²) in [5, 5.41) is 10.4. The number of cyclic esters (lactones) is 1. The summed E-state index contributed by atoms with van der Waals surface area (Å²) >= 11 is 1.59. The summed E-state index contributed by atoms with van der Waals surface area (Å²) < 4.78 is 4.92. The predicted octanol–water partition coefficient (Wildman–Crippen LogP) is 2.02. The summed E-state index contributed by atoms with van der Waals surface area (Å²) in [6, 6.07) is 10.2. The lowest BCUT2D eigenvalue weighted by Crippen LogP contribution is -2.33. The number of amides is 1. The molecule has 3 rings (SSSR count). The number of carbonyl (C=O) groups is 1. The first-order valence-electron chi connectivity index (χ1n) is 7.21. The van der Waals surface area contributed by atoms with Gasteiger partial charge in [-0.2, -0.15) is 0 Å². The fourth-order valence-electron chi connectivity index (χ4n) is 2.24. The van der Waals surface area contributed by atoms with Gasteiger partial charge in [-0.05, 0) is 5.56 Å². The Morgan fingerprint density at radius 1 is 1.32 bits per heavy atom. The van der Waals surface area contributed by atoms with E-state index in [0.717, 1.165) is 23.1 Å². The van der Waals surface area contributed by atoms with Crippen LogP contribution in [-0.4, -0.2) is 54.5 Å². The number of aromatic nitrogens is 2. The Morgan fingerprint density at radius 3 is 2.86 bits per heavy atom. The van der Waals surface area contributed by atoms with Crippen LogP contribution in [0, 0.1) is 0 Å². The monoisotopic (exact) mass is 318 g/mol. The largest absolute Gasteiger partial charge is 0.448 e. The molecule has 1 aliphatic heterocycles. The van der Waals surface area contributed by atoms with Crippen molar-refractivity contribution in [1.29, 1.82) is 0 Å². The Balaban J connectivity index is 1.55. The summed E-state index contributed by atoms with van der Waals surface area (Å²) in [4.78, 5) is 15.1. The lowest BCUT2D eigenvalue weighted by Gasteiger charge is -2.18. The summed E-state index contributed by atoms with van der Waals surface area (Å²) in [5.41, 5.74) is 1.23. The van der Waals surface area contributed by atoms with Gasteiger partial charge in [-0.3, -0.25) is 0 Å². The standard InChI is InChI=1S/C15H18N4O2S/c1-18(7-8-19-9-10-21-15(19)20)14-17-16-13(22-14)11-12-5-3-2-4-6-12/h2-6H,7-11H2,1H3. The number of nitrogens with zero attached hydrogens (tertiary/aromatic N) is 4. The van der Waals surface area contributed by atoms with Crippen molar-refractivity contribution in [1.82, 2.24) is 15.1 Å². The van der Waals surface area contributed by atoms with E-state index in [2.05, 4.69) is 22.3 Å². The maximum absolute atomic E-state index is 11.4. The van der Waals surface area contributed by atoms with Gasteiger partial charge in [0.15, 0.2) is 0 Å². The van der Waals surface area contributed by atoms with Crippen LogP contribution in [0.15, 0.2) is 30.3 Å². The summed E-state index contributed by atoms with van der Waals surface area (Å²) in [7, 11) is 1.97. The lowest BCUT2D eigenvalue weighted by atomic mass is 10.2. The first kappa shape index (κ1) is 14.8. The van der Waals surface area contributed by atoms with Gasteiger partial charge in [0.05, 0.1) is 6.54 Å². The van der Waals surface area contributed by atoms with Gasteiger partial charge in [0.25, 0.3) is 0 Å². The number of benzene rings is 1. The highest BCUT2D eigenvalue weighted by atomic mass is 32.1. The van der Waals surface area contributed by atoms with Gasteiger partial charge in [0.2, 0.25) is 5.13 Å². The maximum Gasteiger partial charge on any atom is 0.409 e. The van der Waals surface area contributed by atoms with Crippen LogP contribution in [-0.2, 0) is 11.2 Å². The van der Waals surface area contributed by atoms with E-state index in [-0.39, 0.29) is 6.09 Å². The molecule has 116 valence electrons. The molecule has 0 bridgehead atoms. The molecule has 0 saturated carbocycles. The van der Waals surface area contributed by atoms with Gasteiger partial charge in [-0.15, -0.1) is 10.2 Å². The highest BCUT2D eigenvalue weighted by molar-refractivity contribution is 7.15. The fourth-order valence-corrected chi connectivity index (χ4v) is 3.10. The molecule has 1 saturated heterocycles. The Labute approximate surface area is 133 Å². The van der Waals surface area contributed by atoms with Crippen LogP contribution in [0.3, 0.4) is 0 Å². The minimum Gasteiger partial charge on any atom is -0.448 e. The highest BCUT2D eigenvalue weighted by Gasteiger charge is 2.22. The molecule has 2 aromatic rings. The Kier molecular flexibility index (Phi) is 4.53. The van der Waals surface area contributed by atoms with Crippen LogP contribution < -0.4 is 4.90 Å². The van der Waals surface area contributed by atoms with E-state index in [4.69, 9.17) is 4.74 Å². The van der Waals surface area contributed by atoms with Crippen molar-refractivity contribution in [2.24, 2.45) is 0 Å². The summed E-state index contributed by atoms with van der Waals surface area (Å²) in [6.07, 6.45) is 0.570. The van der Waals surface area contributed by atoms with Crippen molar-refractivity contribution in [2.75, 3.05) is 38.2 Å². The highest BCUT2D eigenvalue weighted by Crippen LogP contribution is 2.21. The first-order chi connectivity index (χ1) is 10.7. The number of hydrogen-bond acceptors (Lipinski definition) is 6. The third kappa shape index (κ3) is 3.54.